The molecule has 0 atom stereocenters. The van der Waals surface area contributed by atoms with Gasteiger partial charge in [-0.25, -0.2) is 0 Å². The summed E-state index contributed by atoms with van der Waals surface area (Å²) in [6.07, 6.45) is -3.65. The number of fused-ring (bicyclic) bond motifs is 1. The highest BCUT2D eigenvalue weighted by Crippen LogP contribution is 2.39. The fourth-order valence-electron chi connectivity index (χ4n) is 1.62. The largest absolute Gasteiger partial charge is 0.425 e. The summed E-state index contributed by atoms with van der Waals surface area (Å²) in [5, 5.41) is 0.642. The molecule has 0 fully saturated rings. The van der Waals surface area contributed by atoms with Crippen LogP contribution in [0.3, 0.4) is 0 Å². The molecule has 0 bridgehead atoms. The highest BCUT2D eigenvalue weighted by atomic mass is 32.1. The molecule has 0 aliphatic rings. The van der Waals surface area contributed by atoms with E-state index in [1.165, 1.54) is 6.07 Å². The second-order valence-electron chi connectivity index (χ2n) is 3.48. The lowest BCUT2D eigenvalue weighted by molar-refractivity contribution is -0.134. The summed E-state index contributed by atoms with van der Waals surface area (Å²) >= 11 is 0.790. The SMILES string of the molecule is NCCc1cccc2cc(C(F)(F)F)sc12. The quantitative estimate of drug-likeness (QED) is 0.862. The van der Waals surface area contributed by atoms with Gasteiger partial charge in [-0.3, -0.25) is 0 Å². The van der Waals surface area contributed by atoms with Gasteiger partial charge in [0.1, 0.15) is 4.88 Å². The molecule has 0 saturated carbocycles. The number of benzene rings is 1. The summed E-state index contributed by atoms with van der Waals surface area (Å²) in [5.41, 5.74) is 6.32. The van der Waals surface area contributed by atoms with E-state index >= 15 is 0 Å². The van der Waals surface area contributed by atoms with Gasteiger partial charge in [0, 0.05) is 4.70 Å². The molecule has 0 saturated heterocycles. The van der Waals surface area contributed by atoms with Crippen molar-refractivity contribution in [1.29, 1.82) is 0 Å². The summed E-state index contributed by atoms with van der Waals surface area (Å²) in [7, 11) is 0. The number of rotatable bonds is 2. The lowest BCUT2D eigenvalue weighted by Crippen LogP contribution is -2.02. The minimum absolute atomic E-state index is 0.443. The summed E-state index contributed by atoms with van der Waals surface area (Å²) in [6, 6.07) is 6.48. The molecule has 0 radical (unpaired) electrons. The first kappa shape index (κ1) is 11.4. The van der Waals surface area contributed by atoms with Gasteiger partial charge < -0.3 is 5.73 Å². The van der Waals surface area contributed by atoms with E-state index in [1.807, 2.05) is 6.07 Å². The zero-order chi connectivity index (χ0) is 11.8. The van der Waals surface area contributed by atoms with Gasteiger partial charge in [0.2, 0.25) is 0 Å². The standard InChI is InChI=1S/C11H10F3NS/c12-11(13,14)9-6-8-3-1-2-7(4-5-15)10(8)16-9/h1-3,6H,4-5,15H2. The van der Waals surface area contributed by atoms with Crippen molar-refractivity contribution in [3.63, 3.8) is 0 Å². The van der Waals surface area contributed by atoms with E-state index in [-0.39, 0.29) is 0 Å². The third-order valence-corrected chi connectivity index (χ3v) is 3.59. The zero-order valence-electron chi connectivity index (χ0n) is 8.34. The van der Waals surface area contributed by atoms with Crippen LogP contribution in [0.4, 0.5) is 13.2 Å². The van der Waals surface area contributed by atoms with E-state index in [2.05, 4.69) is 0 Å². The maximum Gasteiger partial charge on any atom is 0.425 e. The van der Waals surface area contributed by atoms with E-state index in [4.69, 9.17) is 5.73 Å². The average molecular weight is 245 g/mol. The Hall–Kier alpha value is -1.07. The van der Waals surface area contributed by atoms with Gasteiger partial charge in [0.05, 0.1) is 0 Å². The Morgan fingerprint density at radius 3 is 2.62 bits per heavy atom. The molecular weight excluding hydrogens is 235 g/mol. The van der Waals surface area contributed by atoms with Gasteiger partial charge >= 0.3 is 6.18 Å². The molecule has 5 heteroatoms. The molecule has 0 amide bonds. The average Bonchev–Trinajstić information content (AvgIpc) is 2.62. The molecule has 2 rings (SSSR count). The van der Waals surface area contributed by atoms with Crippen LogP contribution < -0.4 is 5.73 Å². The Bertz CT molecular complexity index is 501. The molecule has 1 heterocycles. The van der Waals surface area contributed by atoms with E-state index in [1.54, 1.807) is 12.1 Å². The summed E-state index contributed by atoms with van der Waals surface area (Å²) in [4.78, 5) is -0.549. The van der Waals surface area contributed by atoms with Gasteiger partial charge in [-0.05, 0) is 30.0 Å². The van der Waals surface area contributed by atoms with Crippen molar-refractivity contribution >= 4 is 21.4 Å². The number of hydrogen-bond donors (Lipinski definition) is 1. The lowest BCUT2D eigenvalue weighted by Gasteiger charge is -2.00. The topological polar surface area (TPSA) is 26.0 Å². The third kappa shape index (κ3) is 2.05. The first-order valence-electron chi connectivity index (χ1n) is 4.81. The predicted molar refractivity (Wildman–Crippen MR) is 59.6 cm³/mol. The van der Waals surface area contributed by atoms with Crippen LogP contribution in [0.25, 0.3) is 10.1 Å². The summed E-state index contributed by atoms with van der Waals surface area (Å²) in [5.74, 6) is 0. The Labute approximate surface area is 94.7 Å². The highest BCUT2D eigenvalue weighted by Gasteiger charge is 2.32. The number of alkyl halides is 3. The highest BCUT2D eigenvalue weighted by molar-refractivity contribution is 7.19. The number of thiophene rings is 1. The third-order valence-electron chi connectivity index (χ3n) is 2.32. The van der Waals surface area contributed by atoms with Crippen LogP contribution in [0.5, 0.6) is 0 Å². The fraction of sp³-hybridized carbons (Fsp3) is 0.273. The van der Waals surface area contributed by atoms with Crippen LogP contribution in [0.15, 0.2) is 24.3 Å². The van der Waals surface area contributed by atoms with Crippen molar-refractivity contribution in [2.24, 2.45) is 5.73 Å². The van der Waals surface area contributed by atoms with Crippen LogP contribution in [-0.2, 0) is 12.6 Å². The van der Waals surface area contributed by atoms with Crippen LogP contribution in [0.2, 0.25) is 0 Å². The van der Waals surface area contributed by atoms with Gasteiger partial charge in [-0.2, -0.15) is 13.2 Å². The monoisotopic (exact) mass is 245 g/mol. The van der Waals surface area contributed by atoms with Crippen molar-refractivity contribution in [2.45, 2.75) is 12.6 Å². The number of nitrogens with two attached hydrogens (primary N) is 1. The van der Waals surface area contributed by atoms with Gasteiger partial charge in [0.15, 0.2) is 0 Å². The minimum Gasteiger partial charge on any atom is -0.330 e. The maximum atomic E-state index is 12.5. The Balaban J connectivity index is 2.57. The van der Waals surface area contributed by atoms with Crippen molar-refractivity contribution in [1.82, 2.24) is 0 Å². The zero-order valence-corrected chi connectivity index (χ0v) is 9.16. The Kier molecular flexibility index (Phi) is 2.90. The fourth-order valence-corrected chi connectivity index (χ4v) is 2.68. The van der Waals surface area contributed by atoms with E-state index < -0.39 is 11.1 Å². The van der Waals surface area contributed by atoms with Crippen LogP contribution in [0, 0.1) is 0 Å². The Morgan fingerprint density at radius 1 is 1.25 bits per heavy atom. The van der Waals surface area contributed by atoms with E-state index in [0.29, 0.717) is 23.1 Å². The van der Waals surface area contributed by atoms with E-state index in [9.17, 15) is 13.2 Å². The Morgan fingerprint density at radius 2 is 2.00 bits per heavy atom. The molecule has 86 valence electrons. The summed E-state index contributed by atoms with van der Waals surface area (Å²) in [6.45, 7) is 0.443. The molecule has 0 unspecified atom stereocenters. The second-order valence-corrected chi connectivity index (χ2v) is 4.53. The van der Waals surface area contributed by atoms with Gasteiger partial charge in [0.25, 0.3) is 0 Å². The van der Waals surface area contributed by atoms with Crippen molar-refractivity contribution in [2.75, 3.05) is 6.54 Å². The van der Waals surface area contributed by atoms with Gasteiger partial charge in [-0.15, -0.1) is 11.3 Å². The lowest BCUT2D eigenvalue weighted by atomic mass is 10.1. The molecule has 2 aromatic rings. The number of halogens is 3. The molecule has 1 nitrogen and oxygen atoms in total. The molecule has 0 spiro atoms. The molecular formula is C11H10F3NS. The van der Waals surface area contributed by atoms with Crippen LogP contribution >= 0.6 is 11.3 Å². The predicted octanol–water partition coefficient (Wildman–Crippen LogP) is 3.42. The maximum absolute atomic E-state index is 12.5. The molecule has 16 heavy (non-hydrogen) atoms. The molecule has 1 aromatic heterocycles. The normalized spacial score (nSPS) is 12.2. The minimum atomic E-state index is -4.26. The van der Waals surface area contributed by atoms with Crippen LogP contribution in [0.1, 0.15) is 10.4 Å². The first-order chi connectivity index (χ1) is 7.52. The number of hydrogen-bond acceptors (Lipinski definition) is 2. The second kappa shape index (κ2) is 4.07. The molecule has 0 aliphatic carbocycles. The smallest absolute Gasteiger partial charge is 0.330 e. The molecule has 0 aliphatic heterocycles. The molecule has 2 N–H and O–H groups in total. The first-order valence-corrected chi connectivity index (χ1v) is 5.62. The van der Waals surface area contributed by atoms with Crippen LogP contribution in [-0.4, -0.2) is 6.54 Å². The van der Waals surface area contributed by atoms with Gasteiger partial charge in [-0.1, -0.05) is 18.2 Å². The van der Waals surface area contributed by atoms with Crippen molar-refractivity contribution < 1.29 is 13.2 Å². The van der Waals surface area contributed by atoms with Crippen molar-refractivity contribution in [3.8, 4) is 0 Å². The summed E-state index contributed by atoms with van der Waals surface area (Å²) < 4.78 is 38.3. The molecule has 1 aromatic carbocycles. The van der Waals surface area contributed by atoms with Crippen molar-refractivity contribution in [3.05, 3.63) is 34.7 Å². The van der Waals surface area contributed by atoms with E-state index in [0.717, 1.165) is 16.9 Å².